The number of hydrogen-bond donors (Lipinski definition) is 1. The summed E-state index contributed by atoms with van der Waals surface area (Å²) in [6, 6.07) is 4.02. The predicted octanol–water partition coefficient (Wildman–Crippen LogP) is 1.63. The highest BCUT2D eigenvalue weighted by atomic mass is 16.5. The van der Waals surface area contributed by atoms with Gasteiger partial charge in [-0.3, -0.25) is 0 Å². The van der Waals surface area contributed by atoms with Crippen LogP contribution in [0.25, 0.3) is 0 Å². The summed E-state index contributed by atoms with van der Waals surface area (Å²) in [5.41, 5.74) is 0.131. The number of hydrogen-bond acceptors (Lipinski definition) is 3. The van der Waals surface area contributed by atoms with Crippen LogP contribution in [0.3, 0.4) is 0 Å². The van der Waals surface area contributed by atoms with Crippen molar-refractivity contribution in [1.29, 1.82) is 0 Å². The minimum atomic E-state index is 0.131. The van der Waals surface area contributed by atoms with Gasteiger partial charge in [0.1, 0.15) is 18.1 Å². The van der Waals surface area contributed by atoms with E-state index in [2.05, 4.69) is 5.32 Å². The van der Waals surface area contributed by atoms with E-state index in [0.29, 0.717) is 6.61 Å². The van der Waals surface area contributed by atoms with Crippen LogP contribution in [0.1, 0.15) is 24.4 Å². The molecule has 72 valence electrons. The predicted molar refractivity (Wildman–Crippen MR) is 49.4 cm³/mol. The Labute approximate surface area is 78.1 Å². The number of ether oxygens (including phenoxy) is 1. The van der Waals surface area contributed by atoms with Crippen molar-refractivity contribution in [3.05, 3.63) is 23.7 Å². The van der Waals surface area contributed by atoms with Crippen molar-refractivity contribution in [2.75, 3.05) is 14.2 Å². The Morgan fingerprint density at radius 2 is 2.31 bits per heavy atom. The first-order valence-corrected chi connectivity index (χ1v) is 4.58. The molecule has 0 radical (unpaired) electrons. The maximum atomic E-state index is 5.65. The number of rotatable bonds is 4. The quantitative estimate of drug-likeness (QED) is 0.766. The van der Waals surface area contributed by atoms with Gasteiger partial charge in [-0.15, -0.1) is 0 Å². The van der Waals surface area contributed by atoms with Gasteiger partial charge in [0, 0.05) is 7.11 Å². The van der Waals surface area contributed by atoms with Gasteiger partial charge >= 0.3 is 0 Å². The molecule has 1 aromatic rings. The molecule has 0 spiro atoms. The van der Waals surface area contributed by atoms with Gasteiger partial charge in [0.25, 0.3) is 0 Å². The van der Waals surface area contributed by atoms with Gasteiger partial charge in [-0.25, -0.2) is 0 Å². The van der Waals surface area contributed by atoms with E-state index in [9.17, 15) is 0 Å². The standard InChI is InChI=1S/C10H15NO2/c1-11-10(5-6-10)9-4-3-8(13-9)7-12-2/h3-4,11H,5-7H2,1-2H3. The molecule has 3 heteroatoms. The van der Waals surface area contributed by atoms with Gasteiger partial charge in [0.05, 0.1) is 5.54 Å². The lowest BCUT2D eigenvalue weighted by molar-refractivity contribution is 0.161. The second kappa shape index (κ2) is 3.16. The summed E-state index contributed by atoms with van der Waals surface area (Å²) in [6.07, 6.45) is 2.34. The molecular weight excluding hydrogens is 166 g/mol. The zero-order valence-electron chi connectivity index (χ0n) is 8.09. The normalized spacial score (nSPS) is 18.9. The summed E-state index contributed by atoms with van der Waals surface area (Å²) in [4.78, 5) is 0. The van der Waals surface area contributed by atoms with Gasteiger partial charge in [-0.05, 0) is 32.0 Å². The first-order valence-electron chi connectivity index (χ1n) is 4.58. The Hall–Kier alpha value is -0.800. The van der Waals surface area contributed by atoms with Crippen LogP contribution in [-0.2, 0) is 16.9 Å². The minimum Gasteiger partial charge on any atom is -0.462 e. The topological polar surface area (TPSA) is 34.4 Å². The minimum absolute atomic E-state index is 0.131. The Morgan fingerprint density at radius 3 is 2.85 bits per heavy atom. The van der Waals surface area contributed by atoms with Crippen molar-refractivity contribution in [2.24, 2.45) is 0 Å². The van der Waals surface area contributed by atoms with Crippen molar-refractivity contribution in [1.82, 2.24) is 5.32 Å². The van der Waals surface area contributed by atoms with Crippen LogP contribution in [0.4, 0.5) is 0 Å². The maximum absolute atomic E-state index is 5.65. The molecule has 0 unspecified atom stereocenters. The molecule has 1 N–H and O–H groups in total. The fourth-order valence-electron chi connectivity index (χ4n) is 1.60. The van der Waals surface area contributed by atoms with Gasteiger partial charge in [0.15, 0.2) is 0 Å². The average Bonchev–Trinajstić information content (AvgIpc) is 2.82. The summed E-state index contributed by atoms with van der Waals surface area (Å²) in [5, 5.41) is 3.29. The Morgan fingerprint density at radius 1 is 1.54 bits per heavy atom. The molecule has 0 saturated heterocycles. The molecule has 0 amide bonds. The molecule has 1 aliphatic rings. The van der Waals surface area contributed by atoms with Crippen LogP contribution in [0, 0.1) is 0 Å². The highest BCUT2D eigenvalue weighted by Crippen LogP contribution is 2.45. The molecular formula is C10H15NO2. The van der Waals surface area contributed by atoms with Crippen molar-refractivity contribution in [2.45, 2.75) is 25.0 Å². The van der Waals surface area contributed by atoms with Gasteiger partial charge in [0.2, 0.25) is 0 Å². The van der Waals surface area contributed by atoms with Crippen molar-refractivity contribution in [3.8, 4) is 0 Å². The monoisotopic (exact) mass is 181 g/mol. The molecule has 13 heavy (non-hydrogen) atoms. The summed E-state index contributed by atoms with van der Waals surface area (Å²) in [5.74, 6) is 1.95. The van der Waals surface area contributed by atoms with Crippen LogP contribution in [-0.4, -0.2) is 14.2 Å². The summed E-state index contributed by atoms with van der Waals surface area (Å²) < 4.78 is 10.6. The van der Waals surface area contributed by atoms with Crippen LogP contribution >= 0.6 is 0 Å². The SMILES string of the molecule is CNC1(c2ccc(COC)o2)CC1. The van der Waals surface area contributed by atoms with Crippen LogP contribution in [0.15, 0.2) is 16.5 Å². The first-order chi connectivity index (χ1) is 6.30. The van der Waals surface area contributed by atoms with Crippen LogP contribution in [0.5, 0.6) is 0 Å². The molecule has 1 saturated carbocycles. The largest absolute Gasteiger partial charge is 0.462 e. The number of nitrogens with one attached hydrogen (secondary N) is 1. The van der Waals surface area contributed by atoms with Gasteiger partial charge < -0.3 is 14.5 Å². The molecule has 1 fully saturated rings. The molecule has 0 aliphatic heterocycles. The van der Waals surface area contributed by atoms with Crippen molar-refractivity contribution in [3.63, 3.8) is 0 Å². The van der Waals surface area contributed by atoms with Crippen LogP contribution in [0.2, 0.25) is 0 Å². The molecule has 0 atom stereocenters. The van der Waals surface area contributed by atoms with E-state index in [0.717, 1.165) is 11.5 Å². The summed E-state index contributed by atoms with van der Waals surface area (Å²) in [7, 11) is 3.65. The highest BCUT2D eigenvalue weighted by Gasteiger charge is 2.45. The van der Waals surface area contributed by atoms with Crippen molar-refractivity contribution < 1.29 is 9.15 Å². The third-order valence-corrected chi connectivity index (χ3v) is 2.65. The average molecular weight is 181 g/mol. The van der Waals surface area contributed by atoms with E-state index in [1.807, 2.05) is 19.2 Å². The molecule has 1 aliphatic carbocycles. The third-order valence-electron chi connectivity index (χ3n) is 2.65. The smallest absolute Gasteiger partial charge is 0.129 e. The molecule has 2 rings (SSSR count). The lowest BCUT2D eigenvalue weighted by atomic mass is 10.2. The lowest BCUT2D eigenvalue weighted by Gasteiger charge is -2.09. The second-order valence-corrected chi connectivity index (χ2v) is 3.53. The van der Waals surface area contributed by atoms with E-state index in [1.54, 1.807) is 7.11 Å². The summed E-state index contributed by atoms with van der Waals surface area (Å²) in [6.45, 7) is 0.555. The van der Waals surface area contributed by atoms with E-state index in [4.69, 9.17) is 9.15 Å². The van der Waals surface area contributed by atoms with Gasteiger partial charge in [-0.2, -0.15) is 0 Å². The van der Waals surface area contributed by atoms with Crippen LogP contribution < -0.4 is 5.32 Å². The Kier molecular flexibility index (Phi) is 2.14. The fourth-order valence-corrected chi connectivity index (χ4v) is 1.60. The molecule has 1 heterocycles. The summed E-state index contributed by atoms with van der Waals surface area (Å²) >= 11 is 0. The Balaban J connectivity index is 2.13. The zero-order chi connectivity index (χ0) is 9.31. The maximum Gasteiger partial charge on any atom is 0.129 e. The third kappa shape index (κ3) is 1.49. The number of furan rings is 1. The molecule has 0 bridgehead atoms. The van der Waals surface area contributed by atoms with E-state index in [-0.39, 0.29) is 5.54 Å². The van der Waals surface area contributed by atoms with Crippen molar-refractivity contribution >= 4 is 0 Å². The Bertz CT molecular complexity index is 289. The first kappa shape index (κ1) is 8.78. The molecule has 1 aromatic heterocycles. The number of methoxy groups -OCH3 is 1. The zero-order valence-corrected chi connectivity index (χ0v) is 8.09. The highest BCUT2D eigenvalue weighted by molar-refractivity contribution is 5.22. The molecule has 3 nitrogen and oxygen atoms in total. The second-order valence-electron chi connectivity index (χ2n) is 3.53. The van der Waals surface area contributed by atoms with E-state index < -0.39 is 0 Å². The van der Waals surface area contributed by atoms with E-state index in [1.165, 1.54) is 12.8 Å². The fraction of sp³-hybridized carbons (Fsp3) is 0.600. The van der Waals surface area contributed by atoms with E-state index >= 15 is 0 Å². The lowest BCUT2D eigenvalue weighted by Crippen LogP contribution is -2.23. The molecule has 0 aromatic carbocycles. The van der Waals surface area contributed by atoms with Gasteiger partial charge in [-0.1, -0.05) is 0 Å².